The molecule has 198 valence electrons. The van der Waals surface area contributed by atoms with Crippen LogP contribution in [0.5, 0.6) is 11.5 Å². The van der Waals surface area contributed by atoms with E-state index in [1.165, 1.54) is 0 Å². The Kier molecular flexibility index (Phi) is 10.2. The number of aliphatic hydroxyl groups is 1. The summed E-state index contributed by atoms with van der Waals surface area (Å²) in [7, 11) is 3.58. The van der Waals surface area contributed by atoms with Gasteiger partial charge in [-0.1, -0.05) is 36.4 Å². The van der Waals surface area contributed by atoms with Crippen molar-refractivity contribution in [3.05, 3.63) is 60.2 Å². The lowest BCUT2D eigenvalue weighted by molar-refractivity contribution is -0.0576. The number of unbranched alkanes of at least 4 members (excludes halogenated alkanes) is 1. The molecule has 1 fully saturated rings. The first kappa shape index (κ1) is 28.0. The van der Waals surface area contributed by atoms with Gasteiger partial charge in [0.2, 0.25) is 0 Å². The summed E-state index contributed by atoms with van der Waals surface area (Å²) in [6.45, 7) is 6.50. The van der Waals surface area contributed by atoms with Crippen LogP contribution in [0.4, 0.5) is 4.79 Å². The van der Waals surface area contributed by atoms with Crippen LogP contribution in [0, 0.1) is 5.92 Å². The van der Waals surface area contributed by atoms with Crippen LogP contribution in [0.3, 0.4) is 0 Å². The van der Waals surface area contributed by atoms with Crippen molar-refractivity contribution >= 4 is 6.03 Å². The van der Waals surface area contributed by atoms with Crippen LogP contribution in [0.15, 0.2) is 54.6 Å². The number of hydrogen-bond acceptors (Lipinski definition) is 5. The van der Waals surface area contributed by atoms with Gasteiger partial charge in [-0.2, -0.15) is 0 Å². The van der Waals surface area contributed by atoms with E-state index in [1.54, 1.807) is 7.11 Å². The molecule has 1 aliphatic rings. The number of hydrogen-bond donors (Lipinski definition) is 3. The lowest BCUT2D eigenvalue weighted by atomic mass is 9.73. The highest BCUT2D eigenvalue weighted by molar-refractivity contribution is 5.75. The van der Waals surface area contributed by atoms with Gasteiger partial charge in [0, 0.05) is 50.4 Å². The number of piperidine rings is 1. The van der Waals surface area contributed by atoms with Gasteiger partial charge in [-0.25, -0.2) is 4.79 Å². The number of rotatable bonds is 12. The lowest BCUT2D eigenvalue weighted by Gasteiger charge is -2.44. The van der Waals surface area contributed by atoms with Crippen LogP contribution >= 0.6 is 0 Å². The van der Waals surface area contributed by atoms with E-state index in [4.69, 9.17) is 9.47 Å². The Labute approximate surface area is 216 Å². The van der Waals surface area contributed by atoms with Gasteiger partial charge >= 0.3 is 6.03 Å². The molecular weight excluding hydrogens is 454 g/mol. The summed E-state index contributed by atoms with van der Waals surface area (Å²) < 4.78 is 11.5. The first-order chi connectivity index (χ1) is 17.3. The van der Waals surface area contributed by atoms with E-state index < -0.39 is 5.60 Å². The molecule has 1 heterocycles. The molecule has 2 aromatic rings. The molecule has 36 heavy (non-hydrogen) atoms. The molecule has 1 unspecified atom stereocenters. The van der Waals surface area contributed by atoms with Crippen LogP contribution in [0.2, 0.25) is 0 Å². The summed E-state index contributed by atoms with van der Waals surface area (Å²) in [5, 5.41) is 18.7. The number of para-hydroxylation sites is 2. The number of benzene rings is 2. The van der Waals surface area contributed by atoms with E-state index in [-0.39, 0.29) is 17.5 Å². The number of nitrogens with one attached hydrogen (secondary N) is 2. The van der Waals surface area contributed by atoms with Crippen molar-refractivity contribution in [2.24, 2.45) is 5.92 Å². The highest BCUT2D eigenvalue weighted by Crippen LogP contribution is 2.44. The molecule has 3 N–H and O–H groups in total. The molecule has 2 aromatic carbocycles. The maximum Gasteiger partial charge on any atom is 0.317 e. The Bertz CT molecular complexity index is 953. The highest BCUT2D eigenvalue weighted by Gasteiger charge is 2.43. The second-order valence-electron chi connectivity index (χ2n) is 10.4. The Hall–Kier alpha value is -2.61. The predicted octanol–water partition coefficient (Wildman–Crippen LogP) is 4.90. The van der Waals surface area contributed by atoms with Crippen LogP contribution in [0.1, 0.15) is 51.5 Å². The van der Waals surface area contributed by atoms with Crippen molar-refractivity contribution in [3.63, 3.8) is 0 Å². The first-order valence-electron chi connectivity index (χ1n) is 13.0. The van der Waals surface area contributed by atoms with Gasteiger partial charge in [-0.15, -0.1) is 0 Å². The SMILES string of the molecule is CNCC(C)(C)NC(=O)N1CCCC([C@@](O)(CCCCOC)c2ccccc2Oc2ccccc2)C1. The number of likely N-dealkylation sites (N-methyl/N-ethyl adjacent to an activating group) is 1. The maximum atomic E-state index is 13.2. The van der Waals surface area contributed by atoms with Gasteiger partial charge in [0.25, 0.3) is 0 Å². The van der Waals surface area contributed by atoms with Crippen LogP contribution in [-0.2, 0) is 10.3 Å². The molecule has 0 spiro atoms. The van der Waals surface area contributed by atoms with E-state index in [0.29, 0.717) is 38.4 Å². The fourth-order valence-corrected chi connectivity index (χ4v) is 5.13. The van der Waals surface area contributed by atoms with E-state index in [0.717, 1.165) is 37.0 Å². The van der Waals surface area contributed by atoms with E-state index in [1.807, 2.05) is 80.4 Å². The van der Waals surface area contributed by atoms with Crippen molar-refractivity contribution in [1.29, 1.82) is 0 Å². The van der Waals surface area contributed by atoms with Crippen molar-refractivity contribution in [2.45, 2.75) is 57.1 Å². The van der Waals surface area contributed by atoms with Crippen molar-refractivity contribution in [1.82, 2.24) is 15.5 Å². The molecule has 0 aliphatic carbocycles. The number of urea groups is 1. The zero-order chi connectivity index (χ0) is 26.0. The highest BCUT2D eigenvalue weighted by atomic mass is 16.5. The molecule has 3 rings (SSSR count). The third kappa shape index (κ3) is 7.45. The summed E-state index contributed by atoms with van der Waals surface area (Å²) >= 11 is 0. The standard InChI is InChI=1S/C29H43N3O4/c1-28(2,22-30-3)31-27(33)32-19-12-13-23(21-32)29(34,18-10-11-20-35-4)25-16-8-9-17-26(25)36-24-14-6-5-7-15-24/h5-9,14-17,23,30,34H,10-13,18-22H2,1-4H3,(H,31,33)/t23?,29-/m0/s1. The summed E-state index contributed by atoms with van der Waals surface area (Å²) in [5.74, 6) is 1.25. The summed E-state index contributed by atoms with van der Waals surface area (Å²) in [5.41, 5.74) is -0.738. The number of nitrogens with zero attached hydrogens (tertiary/aromatic N) is 1. The van der Waals surface area contributed by atoms with Crippen molar-refractivity contribution < 1.29 is 19.4 Å². The Morgan fingerprint density at radius 3 is 2.56 bits per heavy atom. The average molecular weight is 498 g/mol. The summed E-state index contributed by atoms with van der Waals surface area (Å²) in [4.78, 5) is 15.0. The second kappa shape index (κ2) is 13.1. The Morgan fingerprint density at radius 1 is 1.11 bits per heavy atom. The fraction of sp³-hybridized carbons (Fsp3) is 0.552. The molecule has 2 amide bonds. The van der Waals surface area contributed by atoms with Gasteiger partial charge in [-0.05, 0) is 71.2 Å². The minimum absolute atomic E-state index is 0.0875. The van der Waals surface area contributed by atoms with E-state index >= 15 is 0 Å². The van der Waals surface area contributed by atoms with Gasteiger partial charge in [0.05, 0.1) is 5.60 Å². The third-order valence-corrected chi connectivity index (χ3v) is 6.93. The minimum Gasteiger partial charge on any atom is -0.457 e. The Balaban J connectivity index is 1.87. The second-order valence-corrected chi connectivity index (χ2v) is 10.4. The first-order valence-corrected chi connectivity index (χ1v) is 13.0. The summed E-state index contributed by atoms with van der Waals surface area (Å²) in [6.07, 6.45) is 3.91. The monoisotopic (exact) mass is 497 g/mol. The molecule has 1 aliphatic heterocycles. The predicted molar refractivity (Wildman–Crippen MR) is 143 cm³/mol. The number of carbonyl (C=O) groups is 1. The molecule has 0 aromatic heterocycles. The maximum absolute atomic E-state index is 13.2. The fourth-order valence-electron chi connectivity index (χ4n) is 5.13. The van der Waals surface area contributed by atoms with E-state index in [9.17, 15) is 9.90 Å². The topological polar surface area (TPSA) is 83.1 Å². The van der Waals surface area contributed by atoms with Crippen LogP contribution in [0.25, 0.3) is 0 Å². The molecule has 0 bridgehead atoms. The number of amides is 2. The van der Waals surface area contributed by atoms with Gasteiger partial charge in [0.15, 0.2) is 0 Å². The van der Waals surface area contributed by atoms with Crippen molar-refractivity contribution in [3.8, 4) is 11.5 Å². The number of ether oxygens (including phenoxy) is 2. The largest absolute Gasteiger partial charge is 0.457 e. The molecule has 1 saturated heterocycles. The van der Waals surface area contributed by atoms with Gasteiger partial charge in [-0.3, -0.25) is 0 Å². The van der Waals surface area contributed by atoms with Crippen LogP contribution < -0.4 is 15.4 Å². The number of carbonyl (C=O) groups excluding carboxylic acids is 1. The van der Waals surface area contributed by atoms with Gasteiger partial charge in [0.1, 0.15) is 11.5 Å². The smallest absolute Gasteiger partial charge is 0.317 e. The average Bonchev–Trinajstić information content (AvgIpc) is 2.87. The Morgan fingerprint density at radius 2 is 1.83 bits per heavy atom. The van der Waals surface area contributed by atoms with Crippen molar-refractivity contribution in [2.75, 3.05) is 40.4 Å². The zero-order valence-electron chi connectivity index (χ0n) is 22.3. The lowest BCUT2D eigenvalue weighted by Crippen LogP contribution is -2.57. The van der Waals surface area contributed by atoms with E-state index in [2.05, 4.69) is 10.6 Å². The molecule has 7 heteroatoms. The third-order valence-electron chi connectivity index (χ3n) is 6.93. The zero-order valence-corrected chi connectivity index (χ0v) is 22.3. The normalized spacial score (nSPS) is 17.9. The summed E-state index contributed by atoms with van der Waals surface area (Å²) in [6, 6.07) is 17.3. The molecule has 0 saturated carbocycles. The minimum atomic E-state index is -1.14. The quantitative estimate of drug-likeness (QED) is 0.363. The molecule has 0 radical (unpaired) electrons. The molecule has 2 atom stereocenters. The molecule has 7 nitrogen and oxygen atoms in total. The number of likely N-dealkylation sites (tertiary alicyclic amines) is 1. The number of methoxy groups -OCH3 is 1. The van der Waals surface area contributed by atoms with Gasteiger partial charge < -0.3 is 30.1 Å². The molecular formula is C29H43N3O4. The van der Waals surface area contributed by atoms with Crippen LogP contribution in [-0.4, -0.2) is 62.0 Å².